The highest BCUT2D eigenvalue weighted by Crippen LogP contribution is 2.22. The van der Waals surface area contributed by atoms with Crippen LogP contribution in [0, 0.1) is 0 Å². The molecule has 0 aliphatic rings. The Labute approximate surface area is 128 Å². The average Bonchev–Trinajstić information content (AvgIpc) is 2.87. The van der Waals surface area contributed by atoms with Crippen molar-refractivity contribution < 1.29 is 4.79 Å². The van der Waals surface area contributed by atoms with E-state index in [-0.39, 0.29) is 5.78 Å². The van der Waals surface area contributed by atoms with Crippen molar-refractivity contribution in [2.75, 3.05) is 0 Å². The first kappa shape index (κ1) is 13.8. The summed E-state index contributed by atoms with van der Waals surface area (Å²) in [7, 11) is 0. The lowest BCUT2D eigenvalue weighted by Gasteiger charge is -2.07. The lowest BCUT2D eigenvalue weighted by Crippen LogP contribution is -2.12. The van der Waals surface area contributed by atoms with Crippen LogP contribution < -0.4 is 0 Å². The summed E-state index contributed by atoms with van der Waals surface area (Å²) in [6.45, 7) is 2.72. The normalized spacial score (nSPS) is 11.0. The fourth-order valence-electron chi connectivity index (χ4n) is 2.44. The van der Waals surface area contributed by atoms with Crippen LogP contribution >= 0.6 is 11.6 Å². The summed E-state index contributed by atoms with van der Waals surface area (Å²) in [6, 6.07) is 13.7. The second-order valence-corrected chi connectivity index (χ2v) is 5.36. The van der Waals surface area contributed by atoms with Crippen LogP contribution in [0.4, 0.5) is 0 Å². The first-order chi connectivity index (χ1) is 10.2. The topological polar surface area (TPSA) is 34.9 Å². The molecule has 4 heteroatoms. The maximum Gasteiger partial charge on any atom is 0.212 e. The van der Waals surface area contributed by atoms with Crippen LogP contribution in [0.3, 0.4) is 0 Å². The Hall–Kier alpha value is -2.13. The number of hydrogen-bond acceptors (Lipinski definition) is 2. The van der Waals surface area contributed by atoms with Gasteiger partial charge in [-0.3, -0.25) is 9.48 Å². The second-order valence-electron chi connectivity index (χ2n) is 4.96. The summed E-state index contributed by atoms with van der Waals surface area (Å²) in [5, 5.41) is 6.74. The highest BCUT2D eigenvalue weighted by atomic mass is 35.5. The molecule has 0 bridgehead atoms. The molecule has 0 radical (unpaired) electrons. The van der Waals surface area contributed by atoms with Crippen LogP contribution in [0.5, 0.6) is 0 Å². The fourth-order valence-corrected chi connectivity index (χ4v) is 2.66. The summed E-state index contributed by atoms with van der Waals surface area (Å²) in [6.07, 6.45) is 2.43. The van der Waals surface area contributed by atoms with Crippen molar-refractivity contribution >= 4 is 28.2 Å². The SMILES string of the molecule is CCCn1ncc(Cl)c1C(=O)c1ccc2ccccc2c1. The maximum atomic E-state index is 12.7. The standard InChI is InChI=1S/C17H15ClN2O/c1-2-9-20-16(15(18)11-19-20)17(21)14-8-7-12-5-3-4-6-13(12)10-14/h3-8,10-11H,2,9H2,1H3. The number of aryl methyl sites for hydroxylation is 1. The van der Waals surface area contributed by atoms with E-state index < -0.39 is 0 Å². The van der Waals surface area contributed by atoms with E-state index in [2.05, 4.69) is 5.10 Å². The van der Waals surface area contributed by atoms with Gasteiger partial charge in [-0.15, -0.1) is 0 Å². The summed E-state index contributed by atoms with van der Waals surface area (Å²) >= 11 is 6.14. The molecule has 21 heavy (non-hydrogen) atoms. The van der Waals surface area contributed by atoms with Gasteiger partial charge in [-0.1, -0.05) is 54.9 Å². The largest absolute Gasteiger partial charge is 0.287 e. The minimum atomic E-state index is -0.0864. The van der Waals surface area contributed by atoms with Gasteiger partial charge in [0.2, 0.25) is 5.78 Å². The number of ketones is 1. The number of aromatic nitrogens is 2. The summed E-state index contributed by atoms with van der Waals surface area (Å²) in [5.74, 6) is -0.0864. The Kier molecular flexibility index (Phi) is 3.76. The molecular formula is C17H15ClN2O. The third-order valence-electron chi connectivity index (χ3n) is 3.46. The van der Waals surface area contributed by atoms with E-state index in [0.29, 0.717) is 22.8 Å². The molecule has 0 fully saturated rings. The molecule has 106 valence electrons. The van der Waals surface area contributed by atoms with Gasteiger partial charge < -0.3 is 0 Å². The van der Waals surface area contributed by atoms with E-state index >= 15 is 0 Å². The number of rotatable bonds is 4. The van der Waals surface area contributed by atoms with Gasteiger partial charge in [-0.2, -0.15) is 5.10 Å². The van der Waals surface area contributed by atoms with Crippen molar-refractivity contribution in [3.05, 3.63) is 64.9 Å². The van der Waals surface area contributed by atoms with Gasteiger partial charge in [-0.05, 0) is 23.3 Å². The number of hydrogen-bond donors (Lipinski definition) is 0. The van der Waals surface area contributed by atoms with Crippen molar-refractivity contribution in [2.45, 2.75) is 19.9 Å². The predicted octanol–water partition coefficient (Wildman–Crippen LogP) is 4.33. The Morgan fingerprint density at radius 3 is 2.71 bits per heavy atom. The van der Waals surface area contributed by atoms with Crippen molar-refractivity contribution in [3.63, 3.8) is 0 Å². The monoisotopic (exact) mass is 298 g/mol. The van der Waals surface area contributed by atoms with E-state index in [0.717, 1.165) is 17.2 Å². The smallest absolute Gasteiger partial charge is 0.212 e. The van der Waals surface area contributed by atoms with Crippen LogP contribution in [0.2, 0.25) is 5.02 Å². The van der Waals surface area contributed by atoms with Crippen LogP contribution in [0.1, 0.15) is 29.4 Å². The lowest BCUT2D eigenvalue weighted by atomic mass is 10.0. The van der Waals surface area contributed by atoms with Crippen LogP contribution in [0.25, 0.3) is 10.8 Å². The van der Waals surface area contributed by atoms with Crippen molar-refractivity contribution in [2.24, 2.45) is 0 Å². The molecule has 0 unspecified atom stereocenters. The van der Waals surface area contributed by atoms with Gasteiger partial charge >= 0.3 is 0 Å². The molecule has 0 spiro atoms. The lowest BCUT2D eigenvalue weighted by molar-refractivity contribution is 0.102. The first-order valence-electron chi connectivity index (χ1n) is 6.95. The minimum absolute atomic E-state index is 0.0864. The summed E-state index contributed by atoms with van der Waals surface area (Å²) in [5.41, 5.74) is 1.10. The third kappa shape index (κ3) is 2.57. The van der Waals surface area contributed by atoms with Crippen molar-refractivity contribution in [1.82, 2.24) is 9.78 Å². The van der Waals surface area contributed by atoms with Crippen LogP contribution in [-0.2, 0) is 6.54 Å². The van der Waals surface area contributed by atoms with Gasteiger partial charge in [0.25, 0.3) is 0 Å². The maximum absolute atomic E-state index is 12.7. The number of halogens is 1. The Morgan fingerprint density at radius 2 is 1.95 bits per heavy atom. The third-order valence-corrected chi connectivity index (χ3v) is 3.73. The average molecular weight is 299 g/mol. The second kappa shape index (κ2) is 5.70. The van der Waals surface area contributed by atoms with Gasteiger partial charge in [0.05, 0.1) is 11.2 Å². The Morgan fingerprint density at radius 1 is 1.19 bits per heavy atom. The Bertz CT molecular complexity index is 807. The zero-order chi connectivity index (χ0) is 14.8. The molecule has 2 aromatic carbocycles. The van der Waals surface area contributed by atoms with Crippen molar-refractivity contribution in [3.8, 4) is 0 Å². The van der Waals surface area contributed by atoms with Gasteiger partial charge in [0.15, 0.2) is 0 Å². The van der Waals surface area contributed by atoms with Gasteiger partial charge in [-0.25, -0.2) is 0 Å². The van der Waals surface area contributed by atoms with Crippen LogP contribution in [-0.4, -0.2) is 15.6 Å². The number of carbonyl (C=O) groups excluding carboxylic acids is 1. The van der Waals surface area contributed by atoms with Gasteiger partial charge in [0.1, 0.15) is 5.69 Å². The number of fused-ring (bicyclic) bond motifs is 1. The summed E-state index contributed by atoms with van der Waals surface area (Å²) < 4.78 is 1.68. The van der Waals surface area contributed by atoms with E-state index in [1.165, 1.54) is 6.20 Å². The molecule has 0 saturated carbocycles. The molecular weight excluding hydrogens is 284 g/mol. The Balaban J connectivity index is 2.06. The minimum Gasteiger partial charge on any atom is -0.287 e. The fraction of sp³-hybridized carbons (Fsp3) is 0.176. The molecule has 1 aromatic heterocycles. The zero-order valence-corrected chi connectivity index (χ0v) is 12.5. The highest BCUT2D eigenvalue weighted by Gasteiger charge is 2.19. The van der Waals surface area contributed by atoms with Crippen molar-refractivity contribution in [1.29, 1.82) is 0 Å². The number of carbonyl (C=O) groups is 1. The van der Waals surface area contributed by atoms with Gasteiger partial charge in [0, 0.05) is 12.1 Å². The molecule has 0 aliphatic carbocycles. The first-order valence-corrected chi connectivity index (χ1v) is 7.33. The molecule has 0 atom stereocenters. The summed E-state index contributed by atoms with van der Waals surface area (Å²) in [4.78, 5) is 12.7. The molecule has 0 amide bonds. The predicted molar refractivity (Wildman–Crippen MR) is 84.9 cm³/mol. The van der Waals surface area contributed by atoms with E-state index in [1.54, 1.807) is 4.68 Å². The number of benzene rings is 2. The van der Waals surface area contributed by atoms with E-state index in [9.17, 15) is 4.79 Å². The molecule has 1 heterocycles. The molecule has 3 rings (SSSR count). The highest BCUT2D eigenvalue weighted by molar-refractivity contribution is 6.34. The van der Waals surface area contributed by atoms with Crippen LogP contribution in [0.15, 0.2) is 48.7 Å². The molecule has 0 aliphatic heterocycles. The van der Waals surface area contributed by atoms with E-state index in [4.69, 9.17) is 11.6 Å². The number of nitrogens with zero attached hydrogens (tertiary/aromatic N) is 2. The van der Waals surface area contributed by atoms with E-state index in [1.807, 2.05) is 49.4 Å². The molecule has 0 N–H and O–H groups in total. The zero-order valence-electron chi connectivity index (χ0n) is 11.7. The molecule has 3 aromatic rings. The molecule has 0 saturated heterocycles. The quantitative estimate of drug-likeness (QED) is 0.672. The molecule has 3 nitrogen and oxygen atoms in total.